The van der Waals surface area contributed by atoms with E-state index in [2.05, 4.69) is 28.2 Å². The molecule has 22 heavy (non-hydrogen) atoms. The summed E-state index contributed by atoms with van der Waals surface area (Å²) in [5, 5.41) is 8.55. The number of nitrogens with zero attached hydrogens (tertiary/aromatic N) is 4. The molecule has 2 heterocycles. The number of unbranched alkanes of at least 4 members (excludes halogenated alkanes) is 3. The van der Waals surface area contributed by atoms with Gasteiger partial charge in [-0.25, -0.2) is 4.99 Å². The second kappa shape index (κ2) is 7.45. The summed E-state index contributed by atoms with van der Waals surface area (Å²) >= 11 is 1.68. The van der Waals surface area contributed by atoms with Crippen molar-refractivity contribution in [1.82, 2.24) is 14.8 Å². The average molecular weight is 316 g/mol. The first-order chi connectivity index (χ1) is 10.9. The second-order valence-electron chi connectivity index (χ2n) is 5.25. The molecule has 6 heteroatoms. The maximum Gasteiger partial charge on any atom is 0.175 e. The third-order valence-corrected chi connectivity index (χ3v) is 4.55. The Morgan fingerprint density at radius 1 is 1.18 bits per heavy atom. The Morgan fingerprint density at radius 3 is 2.86 bits per heavy atom. The lowest BCUT2D eigenvalue weighted by molar-refractivity contribution is 0.305. The second-order valence-corrected chi connectivity index (χ2v) is 6.19. The molecule has 116 valence electrons. The number of rotatable bonds is 6. The first-order valence-corrected chi connectivity index (χ1v) is 8.67. The van der Waals surface area contributed by atoms with Crippen LogP contribution in [0.2, 0.25) is 0 Å². The zero-order valence-electron chi connectivity index (χ0n) is 12.7. The van der Waals surface area contributed by atoms with Gasteiger partial charge >= 0.3 is 0 Å². The fraction of sp³-hybridized carbons (Fsp3) is 0.438. The van der Waals surface area contributed by atoms with Crippen LogP contribution < -0.4 is 4.74 Å². The van der Waals surface area contributed by atoms with Crippen LogP contribution in [0.15, 0.2) is 35.8 Å². The lowest BCUT2D eigenvalue weighted by Crippen LogP contribution is -2.09. The van der Waals surface area contributed by atoms with E-state index in [1.807, 2.05) is 16.7 Å². The molecule has 5 nitrogen and oxygen atoms in total. The van der Waals surface area contributed by atoms with E-state index in [4.69, 9.17) is 4.74 Å². The molecule has 0 bridgehead atoms. The highest BCUT2D eigenvalue weighted by molar-refractivity contribution is 8.13. The molecule has 1 aromatic heterocycles. The summed E-state index contributed by atoms with van der Waals surface area (Å²) in [6, 6.07) is 6.14. The molecule has 0 spiro atoms. The standard InChI is InChI=1S/C16H20N4OS/c1-2-3-4-5-8-21-14-6-7-15-13(9-14)10-22-16(19-15)20-11-17-18-12-20/h6-7,9,11-12H,2-5,8,10H2,1H3. The molecule has 0 unspecified atom stereocenters. The van der Waals surface area contributed by atoms with E-state index in [0.717, 1.165) is 35.4 Å². The van der Waals surface area contributed by atoms with Crippen molar-refractivity contribution in [2.24, 2.45) is 4.99 Å². The number of ether oxygens (including phenoxy) is 1. The summed E-state index contributed by atoms with van der Waals surface area (Å²) in [7, 11) is 0. The average Bonchev–Trinajstić information content (AvgIpc) is 3.08. The molecule has 0 aliphatic carbocycles. The summed E-state index contributed by atoms with van der Waals surface area (Å²) in [5.74, 6) is 1.83. The van der Waals surface area contributed by atoms with Crippen LogP contribution in [0.1, 0.15) is 38.2 Å². The summed E-state index contributed by atoms with van der Waals surface area (Å²) < 4.78 is 7.67. The van der Waals surface area contributed by atoms with Crippen LogP contribution in [-0.4, -0.2) is 26.5 Å². The van der Waals surface area contributed by atoms with Gasteiger partial charge in [0.1, 0.15) is 18.4 Å². The fourth-order valence-corrected chi connectivity index (χ4v) is 3.23. The zero-order valence-corrected chi connectivity index (χ0v) is 13.6. The predicted molar refractivity (Wildman–Crippen MR) is 89.9 cm³/mol. The molecular weight excluding hydrogens is 296 g/mol. The zero-order chi connectivity index (χ0) is 15.2. The molecule has 3 rings (SSSR count). The third kappa shape index (κ3) is 3.68. The Labute approximate surface area is 134 Å². The molecule has 0 N–H and O–H groups in total. The Kier molecular flexibility index (Phi) is 5.11. The summed E-state index contributed by atoms with van der Waals surface area (Å²) in [6.07, 6.45) is 8.24. The molecule has 1 aromatic carbocycles. The van der Waals surface area contributed by atoms with Crippen LogP contribution in [0.4, 0.5) is 5.69 Å². The van der Waals surface area contributed by atoms with Crippen molar-refractivity contribution >= 4 is 22.6 Å². The minimum Gasteiger partial charge on any atom is -0.494 e. The molecule has 0 saturated carbocycles. The molecule has 1 aliphatic rings. The molecule has 2 aromatic rings. The van der Waals surface area contributed by atoms with Crippen LogP contribution in [0.5, 0.6) is 5.75 Å². The van der Waals surface area contributed by atoms with Crippen LogP contribution in [0, 0.1) is 0 Å². The van der Waals surface area contributed by atoms with Crippen molar-refractivity contribution in [1.29, 1.82) is 0 Å². The molecular formula is C16H20N4OS. The third-order valence-electron chi connectivity index (χ3n) is 3.53. The monoisotopic (exact) mass is 316 g/mol. The molecule has 1 aliphatic heterocycles. The highest BCUT2D eigenvalue weighted by Crippen LogP contribution is 2.33. The highest BCUT2D eigenvalue weighted by atomic mass is 32.2. The Morgan fingerprint density at radius 2 is 2.05 bits per heavy atom. The van der Waals surface area contributed by atoms with E-state index in [-0.39, 0.29) is 0 Å². The van der Waals surface area contributed by atoms with Gasteiger partial charge in [0.2, 0.25) is 0 Å². The van der Waals surface area contributed by atoms with Gasteiger partial charge in [-0.15, -0.1) is 10.2 Å². The summed E-state index contributed by atoms with van der Waals surface area (Å²) in [5.41, 5.74) is 2.22. The van der Waals surface area contributed by atoms with E-state index in [1.165, 1.54) is 24.8 Å². The lowest BCUT2D eigenvalue weighted by atomic mass is 10.2. The fourth-order valence-electron chi connectivity index (χ4n) is 2.30. The number of thioether (sulfide) groups is 1. The quantitative estimate of drug-likeness (QED) is 0.755. The molecule has 0 radical (unpaired) electrons. The van der Waals surface area contributed by atoms with Crippen molar-refractivity contribution in [3.8, 4) is 5.75 Å². The van der Waals surface area contributed by atoms with Crippen molar-refractivity contribution in [3.63, 3.8) is 0 Å². The van der Waals surface area contributed by atoms with E-state index in [1.54, 1.807) is 24.4 Å². The lowest BCUT2D eigenvalue weighted by Gasteiger charge is -2.16. The van der Waals surface area contributed by atoms with Crippen LogP contribution in [0.3, 0.4) is 0 Å². The van der Waals surface area contributed by atoms with E-state index in [9.17, 15) is 0 Å². The van der Waals surface area contributed by atoms with Crippen LogP contribution in [-0.2, 0) is 5.75 Å². The van der Waals surface area contributed by atoms with E-state index >= 15 is 0 Å². The number of aliphatic imine (C=N–C) groups is 1. The summed E-state index contributed by atoms with van der Waals surface area (Å²) in [4.78, 5) is 4.66. The van der Waals surface area contributed by atoms with Gasteiger partial charge < -0.3 is 4.74 Å². The minimum absolute atomic E-state index is 0.793. The van der Waals surface area contributed by atoms with Gasteiger partial charge in [-0.3, -0.25) is 4.57 Å². The molecule has 0 saturated heterocycles. The van der Waals surface area contributed by atoms with Gasteiger partial charge in [0.05, 0.1) is 12.3 Å². The Hall–Kier alpha value is -1.82. The number of benzene rings is 1. The normalized spacial score (nSPS) is 13.6. The predicted octanol–water partition coefficient (Wildman–Crippen LogP) is 4.02. The van der Waals surface area contributed by atoms with Gasteiger partial charge in [0, 0.05) is 5.75 Å². The molecule has 0 atom stereocenters. The highest BCUT2D eigenvalue weighted by Gasteiger charge is 2.15. The number of hydrogen-bond donors (Lipinski definition) is 0. The van der Waals surface area contributed by atoms with Crippen molar-refractivity contribution < 1.29 is 4.74 Å². The van der Waals surface area contributed by atoms with Gasteiger partial charge in [-0.1, -0.05) is 37.9 Å². The topological polar surface area (TPSA) is 52.3 Å². The molecule has 0 fully saturated rings. The van der Waals surface area contributed by atoms with E-state index in [0.29, 0.717) is 0 Å². The van der Waals surface area contributed by atoms with Crippen molar-refractivity contribution in [3.05, 3.63) is 36.4 Å². The van der Waals surface area contributed by atoms with Crippen LogP contribution in [0.25, 0.3) is 0 Å². The first kappa shape index (κ1) is 15.1. The number of aromatic nitrogens is 3. The van der Waals surface area contributed by atoms with Gasteiger partial charge in [0.25, 0.3) is 0 Å². The van der Waals surface area contributed by atoms with Crippen LogP contribution >= 0.6 is 11.8 Å². The molecule has 0 amide bonds. The van der Waals surface area contributed by atoms with Gasteiger partial charge in [-0.05, 0) is 30.2 Å². The summed E-state index contributed by atoms with van der Waals surface area (Å²) in [6.45, 7) is 3.01. The number of fused-ring (bicyclic) bond motifs is 1. The van der Waals surface area contributed by atoms with Gasteiger partial charge in [-0.2, -0.15) is 0 Å². The SMILES string of the molecule is CCCCCCOc1ccc2c(c1)CSC(n1cnnc1)=N2. The Bertz CT molecular complexity index is 640. The smallest absolute Gasteiger partial charge is 0.175 e. The first-order valence-electron chi connectivity index (χ1n) is 7.69. The maximum absolute atomic E-state index is 5.83. The minimum atomic E-state index is 0.793. The van der Waals surface area contributed by atoms with Crippen molar-refractivity contribution in [2.45, 2.75) is 38.4 Å². The Balaban J connectivity index is 1.63. The van der Waals surface area contributed by atoms with E-state index < -0.39 is 0 Å². The van der Waals surface area contributed by atoms with Gasteiger partial charge in [0.15, 0.2) is 5.17 Å². The van der Waals surface area contributed by atoms with Crippen molar-refractivity contribution in [2.75, 3.05) is 6.61 Å². The largest absolute Gasteiger partial charge is 0.494 e. The maximum atomic E-state index is 5.83. The number of hydrogen-bond acceptors (Lipinski definition) is 5.